The average Bonchev–Trinajstić information content (AvgIpc) is 2.37. The number of benzene rings is 1. The van der Waals surface area contributed by atoms with Crippen molar-refractivity contribution in [3.05, 3.63) is 35.4 Å². The molecular formula is C14H20N2O4. The van der Waals surface area contributed by atoms with Crippen molar-refractivity contribution in [1.29, 1.82) is 0 Å². The Hall–Kier alpha value is -2.08. The number of nitrogens with zero attached hydrogens (tertiary/aromatic N) is 2. The molecule has 110 valence electrons. The Balaban J connectivity index is 2.63. The highest BCUT2D eigenvalue weighted by atomic mass is 16.4. The molecule has 0 radical (unpaired) electrons. The van der Waals surface area contributed by atoms with Crippen LogP contribution in [-0.4, -0.2) is 58.8 Å². The number of carboxylic acid groups (broad SMARTS) is 1. The lowest BCUT2D eigenvalue weighted by Crippen LogP contribution is -2.41. The smallest absolute Gasteiger partial charge is 0.335 e. The van der Waals surface area contributed by atoms with Gasteiger partial charge in [-0.1, -0.05) is 12.1 Å². The van der Waals surface area contributed by atoms with Gasteiger partial charge in [0.15, 0.2) is 0 Å². The molecule has 6 nitrogen and oxygen atoms in total. The predicted octanol–water partition coefficient (Wildman–Crippen LogP) is 1.25. The Bertz CT molecular complexity index is 471. The third-order valence-corrected chi connectivity index (χ3v) is 2.81. The lowest BCUT2D eigenvalue weighted by Gasteiger charge is -2.25. The van der Waals surface area contributed by atoms with Gasteiger partial charge < -0.3 is 20.0 Å². The number of aromatic carboxylic acids is 1. The van der Waals surface area contributed by atoms with Gasteiger partial charge in [0, 0.05) is 27.2 Å². The molecule has 1 unspecified atom stereocenters. The summed E-state index contributed by atoms with van der Waals surface area (Å²) < 4.78 is 0. The SMILES string of the molecule is CC(O)CN(C)C(=O)N(C)Cc1ccc(C(=O)O)cc1. The first-order chi connectivity index (χ1) is 9.31. The van der Waals surface area contributed by atoms with E-state index >= 15 is 0 Å². The van der Waals surface area contributed by atoms with Crippen LogP contribution in [0.25, 0.3) is 0 Å². The van der Waals surface area contributed by atoms with E-state index < -0.39 is 12.1 Å². The predicted molar refractivity (Wildman–Crippen MR) is 74.6 cm³/mol. The van der Waals surface area contributed by atoms with Crippen molar-refractivity contribution in [3.63, 3.8) is 0 Å². The van der Waals surface area contributed by atoms with E-state index in [0.29, 0.717) is 6.54 Å². The van der Waals surface area contributed by atoms with Crippen LogP contribution in [0, 0.1) is 0 Å². The number of amides is 2. The van der Waals surface area contributed by atoms with Gasteiger partial charge >= 0.3 is 12.0 Å². The van der Waals surface area contributed by atoms with E-state index in [9.17, 15) is 14.7 Å². The van der Waals surface area contributed by atoms with Crippen LogP contribution in [-0.2, 0) is 6.54 Å². The second-order valence-electron chi connectivity index (χ2n) is 4.87. The summed E-state index contributed by atoms with van der Waals surface area (Å²) in [6.07, 6.45) is -0.577. The summed E-state index contributed by atoms with van der Waals surface area (Å²) in [6.45, 7) is 2.26. The normalized spacial score (nSPS) is 11.8. The fraction of sp³-hybridized carbons (Fsp3) is 0.429. The fourth-order valence-electron chi connectivity index (χ4n) is 1.86. The highest BCUT2D eigenvalue weighted by Crippen LogP contribution is 2.08. The molecule has 0 aliphatic carbocycles. The van der Waals surface area contributed by atoms with Crippen molar-refractivity contribution in [2.75, 3.05) is 20.6 Å². The minimum Gasteiger partial charge on any atom is -0.478 e. The van der Waals surface area contributed by atoms with Crippen molar-refractivity contribution >= 4 is 12.0 Å². The van der Waals surface area contributed by atoms with Crippen LogP contribution in [0.2, 0.25) is 0 Å². The van der Waals surface area contributed by atoms with Crippen LogP contribution in [0.5, 0.6) is 0 Å². The maximum absolute atomic E-state index is 12.0. The minimum absolute atomic E-state index is 0.201. The van der Waals surface area contributed by atoms with E-state index in [2.05, 4.69) is 0 Å². The number of aliphatic hydroxyl groups excluding tert-OH is 1. The van der Waals surface area contributed by atoms with E-state index in [1.54, 1.807) is 33.2 Å². The first kappa shape index (κ1) is 16.0. The molecule has 1 rings (SSSR count). The number of carbonyl (C=O) groups excluding carboxylic acids is 1. The topological polar surface area (TPSA) is 81.1 Å². The van der Waals surface area contributed by atoms with Crippen molar-refractivity contribution in [2.24, 2.45) is 0 Å². The third kappa shape index (κ3) is 4.55. The quantitative estimate of drug-likeness (QED) is 0.850. The zero-order valence-corrected chi connectivity index (χ0v) is 11.9. The summed E-state index contributed by atoms with van der Waals surface area (Å²) in [5, 5.41) is 18.1. The lowest BCUT2D eigenvalue weighted by atomic mass is 10.1. The fourth-order valence-corrected chi connectivity index (χ4v) is 1.86. The summed E-state index contributed by atoms with van der Waals surface area (Å²) in [7, 11) is 3.28. The number of hydrogen-bond donors (Lipinski definition) is 2. The van der Waals surface area contributed by atoms with E-state index in [4.69, 9.17) is 5.11 Å². The van der Waals surface area contributed by atoms with Gasteiger partial charge in [-0.15, -0.1) is 0 Å². The molecule has 0 aliphatic heterocycles. The second-order valence-corrected chi connectivity index (χ2v) is 4.87. The number of urea groups is 1. The van der Waals surface area contributed by atoms with E-state index in [1.807, 2.05) is 0 Å². The molecule has 0 bridgehead atoms. The van der Waals surface area contributed by atoms with E-state index in [0.717, 1.165) is 5.56 Å². The number of carbonyl (C=O) groups is 2. The number of carboxylic acids is 1. The molecule has 0 heterocycles. The Morgan fingerprint density at radius 3 is 2.15 bits per heavy atom. The first-order valence-electron chi connectivity index (χ1n) is 6.27. The molecule has 0 saturated heterocycles. The van der Waals surface area contributed by atoms with Crippen molar-refractivity contribution in [2.45, 2.75) is 19.6 Å². The molecule has 6 heteroatoms. The van der Waals surface area contributed by atoms with Gasteiger partial charge in [0.05, 0.1) is 11.7 Å². The summed E-state index contributed by atoms with van der Waals surface area (Å²) in [5.41, 5.74) is 1.06. The molecule has 0 saturated carbocycles. The zero-order chi connectivity index (χ0) is 15.3. The van der Waals surface area contributed by atoms with E-state index in [-0.39, 0.29) is 18.1 Å². The van der Waals surface area contributed by atoms with Crippen LogP contribution in [0.15, 0.2) is 24.3 Å². The maximum Gasteiger partial charge on any atom is 0.335 e. The van der Waals surface area contributed by atoms with Gasteiger partial charge in [0.1, 0.15) is 0 Å². The van der Waals surface area contributed by atoms with Crippen LogP contribution in [0.3, 0.4) is 0 Å². The Labute approximate surface area is 118 Å². The highest BCUT2D eigenvalue weighted by molar-refractivity contribution is 5.87. The van der Waals surface area contributed by atoms with Gasteiger partial charge in [0.25, 0.3) is 0 Å². The summed E-state index contributed by atoms with van der Waals surface area (Å²) in [5.74, 6) is -0.974. The largest absolute Gasteiger partial charge is 0.478 e. The summed E-state index contributed by atoms with van der Waals surface area (Å²) in [4.78, 5) is 25.7. The van der Waals surface area contributed by atoms with Crippen molar-refractivity contribution < 1.29 is 19.8 Å². The molecule has 0 aromatic heterocycles. The van der Waals surface area contributed by atoms with Gasteiger partial charge in [-0.05, 0) is 24.6 Å². The third-order valence-electron chi connectivity index (χ3n) is 2.81. The van der Waals surface area contributed by atoms with Crippen LogP contribution >= 0.6 is 0 Å². The van der Waals surface area contributed by atoms with Gasteiger partial charge in [0.2, 0.25) is 0 Å². The number of aliphatic hydroxyl groups is 1. The average molecular weight is 280 g/mol. The molecule has 2 amide bonds. The lowest BCUT2D eigenvalue weighted by molar-refractivity contribution is 0.0697. The highest BCUT2D eigenvalue weighted by Gasteiger charge is 2.15. The van der Waals surface area contributed by atoms with Gasteiger partial charge in [-0.25, -0.2) is 9.59 Å². The van der Waals surface area contributed by atoms with Gasteiger partial charge in [-0.3, -0.25) is 0 Å². The molecule has 2 N–H and O–H groups in total. The monoisotopic (exact) mass is 280 g/mol. The van der Waals surface area contributed by atoms with E-state index in [1.165, 1.54) is 21.9 Å². The maximum atomic E-state index is 12.0. The zero-order valence-electron chi connectivity index (χ0n) is 11.9. The van der Waals surface area contributed by atoms with Crippen molar-refractivity contribution in [1.82, 2.24) is 9.80 Å². The second kappa shape index (κ2) is 6.91. The first-order valence-corrected chi connectivity index (χ1v) is 6.27. The summed E-state index contributed by atoms with van der Waals surface area (Å²) >= 11 is 0. The molecule has 0 spiro atoms. The number of likely N-dealkylation sites (N-methyl/N-ethyl adjacent to an activating group) is 1. The number of rotatable bonds is 5. The molecule has 1 aromatic rings. The van der Waals surface area contributed by atoms with Crippen LogP contribution in [0.1, 0.15) is 22.8 Å². The van der Waals surface area contributed by atoms with Crippen LogP contribution in [0.4, 0.5) is 4.79 Å². The molecule has 0 fully saturated rings. The van der Waals surface area contributed by atoms with Crippen molar-refractivity contribution in [3.8, 4) is 0 Å². The Morgan fingerprint density at radius 2 is 1.70 bits per heavy atom. The Kier molecular flexibility index (Phi) is 5.52. The van der Waals surface area contributed by atoms with Gasteiger partial charge in [-0.2, -0.15) is 0 Å². The molecule has 1 atom stereocenters. The van der Waals surface area contributed by atoms with Crippen LogP contribution < -0.4 is 0 Å². The number of hydrogen-bond acceptors (Lipinski definition) is 3. The standard InChI is InChI=1S/C14H20N2O4/c1-10(17)8-15(2)14(20)16(3)9-11-4-6-12(7-5-11)13(18)19/h4-7,10,17H,8-9H2,1-3H3,(H,18,19). The molecule has 1 aromatic carbocycles. The molecular weight excluding hydrogens is 260 g/mol. The summed E-state index contributed by atoms with van der Waals surface area (Å²) in [6, 6.07) is 6.18. The molecule has 20 heavy (non-hydrogen) atoms. The Morgan fingerprint density at radius 1 is 1.15 bits per heavy atom. The molecule has 0 aliphatic rings. The minimum atomic E-state index is -0.974.